The maximum atomic E-state index is 12.8. The van der Waals surface area contributed by atoms with Crippen LogP contribution in [0.15, 0.2) is 35.0 Å². The first kappa shape index (κ1) is 13.2. The fraction of sp³-hybridized carbons (Fsp3) is 0.312. The summed E-state index contributed by atoms with van der Waals surface area (Å²) in [6.07, 6.45) is 2.22. The summed E-state index contributed by atoms with van der Waals surface area (Å²) in [6.45, 7) is 2.61. The average Bonchev–Trinajstić information content (AvgIpc) is 3.15. The van der Waals surface area contributed by atoms with Crippen LogP contribution in [0.1, 0.15) is 34.3 Å². The molecular formula is C16H18N2OS. The van der Waals surface area contributed by atoms with Crippen molar-refractivity contribution in [2.45, 2.75) is 32.4 Å². The minimum atomic E-state index is 0.100. The molecule has 1 aromatic heterocycles. The Kier molecular flexibility index (Phi) is 3.49. The number of thiophene rings is 1. The second-order valence-electron chi connectivity index (χ2n) is 5.32. The highest BCUT2D eigenvalue weighted by molar-refractivity contribution is 7.07. The van der Waals surface area contributed by atoms with E-state index < -0.39 is 0 Å². The standard InChI is InChI=1S/C16H18N2OS/c1-11-14(3-2-4-15(11)17)16(19)18(13-5-6-13)9-12-7-8-20-10-12/h2-4,7-8,10,13H,5-6,9,17H2,1H3. The Labute approximate surface area is 123 Å². The van der Waals surface area contributed by atoms with Crippen molar-refractivity contribution in [3.63, 3.8) is 0 Å². The molecule has 1 aliphatic carbocycles. The van der Waals surface area contributed by atoms with E-state index in [2.05, 4.69) is 16.8 Å². The first-order chi connectivity index (χ1) is 9.66. The molecule has 1 aliphatic rings. The molecule has 0 radical (unpaired) electrons. The zero-order valence-corrected chi connectivity index (χ0v) is 12.3. The van der Waals surface area contributed by atoms with Crippen molar-refractivity contribution in [3.8, 4) is 0 Å². The Morgan fingerprint density at radius 3 is 2.85 bits per heavy atom. The number of nitrogen functional groups attached to an aromatic ring is 1. The molecule has 0 unspecified atom stereocenters. The topological polar surface area (TPSA) is 46.3 Å². The zero-order chi connectivity index (χ0) is 14.1. The van der Waals surface area contributed by atoms with Crippen molar-refractivity contribution < 1.29 is 4.79 Å². The molecule has 3 rings (SSSR count). The van der Waals surface area contributed by atoms with E-state index in [1.165, 1.54) is 5.56 Å². The highest BCUT2D eigenvalue weighted by Gasteiger charge is 2.33. The summed E-state index contributed by atoms with van der Waals surface area (Å²) in [6, 6.07) is 8.04. The molecule has 0 bridgehead atoms. The van der Waals surface area contributed by atoms with Gasteiger partial charge in [0, 0.05) is 23.8 Å². The van der Waals surface area contributed by atoms with Crippen LogP contribution in [-0.2, 0) is 6.54 Å². The number of nitrogens with zero attached hydrogens (tertiary/aromatic N) is 1. The number of carbonyl (C=O) groups excluding carboxylic acids is 1. The maximum absolute atomic E-state index is 12.8. The van der Waals surface area contributed by atoms with E-state index in [-0.39, 0.29) is 5.91 Å². The van der Waals surface area contributed by atoms with Gasteiger partial charge in [-0.25, -0.2) is 0 Å². The van der Waals surface area contributed by atoms with E-state index in [4.69, 9.17) is 5.73 Å². The predicted octanol–water partition coefficient (Wildman–Crippen LogP) is 3.44. The molecule has 2 N–H and O–H groups in total. The molecule has 1 amide bonds. The quantitative estimate of drug-likeness (QED) is 0.875. The van der Waals surface area contributed by atoms with Crippen LogP contribution >= 0.6 is 11.3 Å². The molecule has 0 spiro atoms. The molecule has 20 heavy (non-hydrogen) atoms. The van der Waals surface area contributed by atoms with E-state index in [1.54, 1.807) is 11.3 Å². The highest BCUT2D eigenvalue weighted by Crippen LogP contribution is 2.31. The summed E-state index contributed by atoms with van der Waals surface area (Å²) in [7, 11) is 0. The number of benzene rings is 1. The van der Waals surface area contributed by atoms with Gasteiger partial charge in [0.15, 0.2) is 0 Å². The van der Waals surface area contributed by atoms with Gasteiger partial charge in [0.1, 0.15) is 0 Å². The van der Waals surface area contributed by atoms with Crippen molar-refractivity contribution in [3.05, 3.63) is 51.7 Å². The first-order valence-corrected chi connectivity index (χ1v) is 7.78. The Balaban J connectivity index is 1.87. The Morgan fingerprint density at radius 1 is 1.40 bits per heavy atom. The number of hydrogen-bond acceptors (Lipinski definition) is 3. The molecule has 1 saturated carbocycles. The van der Waals surface area contributed by atoms with Gasteiger partial charge in [-0.1, -0.05) is 6.07 Å². The second kappa shape index (κ2) is 5.29. The van der Waals surface area contributed by atoms with Gasteiger partial charge in [-0.2, -0.15) is 11.3 Å². The van der Waals surface area contributed by atoms with Gasteiger partial charge >= 0.3 is 0 Å². The first-order valence-electron chi connectivity index (χ1n) is 6.84. The lowest BCUT2D eigenvalue weighted by molar-refractivity contribution is 0.0729. The number of hydrogen-bond donors (Lipinski definition) is 1. The van der Waals surface area contributed by atoms with E-state index in [9.17, 15) is 4.79 Å². The predicted molar refractivity (Wildman–Crippen MR) is 82.8 cm³/mol. The lowest BCUT2D eigenvalue weighted by Crippen LogP contribution is -2.33. The van der Waals surface area contributed by atoms with E-state index in [1.807, 2.05) is 30.0 Å². The second-order valence-corrected chi connectivity index (χ2v) is 6.10. The van der Waals surface area contributed by atoms with Crippen LogP contribution in [0.4, 0.5) is 5.69 Å². The van der Waals surface area contributed by atoms with Crippen LogP contribution in [0.3, 0.4) is 0 Å². The van der Waals surface area contributed by atoms with Crippen molar-refractivity contribution in [2.24, 2.45) is 0 Å². The van der Waals surface area contributed by atoms with Crippen molar-refractivity contribution in [1.29, 1.82) is 0 Å². The third kappa shape index (κ3) is 2.56. The zero-order valence-electron chi connectivity index (χ0n) is 11.5. The van der Waals surface area contributed by atoms with Crippen LogP contribution in [0.2, 0.25) is 0 Å². The van der Waals surface area contributed by atoms with Crippen LogP contribution in [0.5, 0.6) is 0 Å². The summed E-state index contributed by atoms with van der Waals surface area (Å²) >= 11 is 1.67. The fourth-order valence-electron chi connectivity index (χ4n) is 2.37. The van der Waals surface area contributed by atoms with E-state index >= 15 is 0 Å². The van der Waals surface area contributed by atoms with Gasteiger partial charge in [0.05, 0.1) is 0 Å². The lowest BCUT2D eigenvalue weighted by Gasteiger charge is -2.23. The van der Waals surface area contributed by atoms with Crippen LogP contribution in [0, 0.1) is 6.92 Å². The number of nitrogens with two attached hydrogens (primary N) is 1. The minimum absolute atomic E-state index is 0.100. The van der Waals surface area contributed by atoms with Crippen molar-refractivity contribution in [2.75, 3.05) is 5.73 Å². The van der Waals surface area contributed by atoms with Gasteiger partial charge < -0.3 is 10.6 Å². The number of anilines is 1. The smallest absolute Gasteiger partial charge is 0.254 e. The summed E-state index contributed by atoms with van der Waals surface area (Å²) in [5, 5.41) is 4.16. The Bertz CT molecular complexity index is 617. The average molecular weight is 286 g/mol. The molecule has 1 aromatic carbocycles. The van der Waals surface area contributed by atoms with Gasteiger partial charge in [0.2, 0.25) is 0 Å². The summed E-state index contributed by atoms with van der Waals surface area (Å²) in [5.41, 5.74) is 9.42. The molecule has 0 atom stereocenters. The SMILES string of the molecule is Cc1c(N)cccc1C(=O)N(Cc1ccsc1)C1CC1. The van der Waals surface area contributed by atoms with Gasteiger partial charge in [-0.15, -0.1) is 0 Å². The Morgan fingerprint density at radius 2 is 2.20 bits per heavy atom. The molecule has 1 heterocycles. The van der Waals surface area contributed by atoms with Crippen LogP contribution in [-0.4, -0.2) is 16.8 Å². The van der Waals surface area contributed by atoms with Crippen LogP contribution in [0.25, 0.3) is 0 Å². The molecule has 1 fully saturated rings. The van der Waals surface area contributed by atoms with Gasteiger partial charge in [-0.3, -0.25) is 4.79 Å². The van der Waals surface area contributed by atoms with Gasteiger partial charge in [0.25, 0.3) is 5.91 Å². The molecule has 3 nitrogen and oxygen atoms in total. The van der Waals surface area contributed by atoms with Crippen LogP contribution < -0.4 is 5.73 Å². The van der Waals surface area contributed by atoms with Gasteiger partial charge in [-0.05, 0) is 59.9 Å². The third-order valence-electron chi connectivity index (χ3n) is 3.79. The molecule has 104 valence electrons. The molecule has 0 saturated heterocycles. The number of carbonyl (C=O) groups is 1. The summed E-state index contributed by atoms with van der Waals surface area (Å²) in [4.78, 5) is 14.8. The van der Waals surface area contributed by atoms with Crippen molar-refractivity contribution in [1.82, 2.24) is 4.90 Å². The molecular weight excluding hydrogens is 268 g/mol. The number of amides is 1. The summed E-state index contributed by atoms with van der Waals surface area (Å²) in [5.74, 6) is 0.100. The summed E-state index contributed by atoms with van der Waals surface area (Å²) < 4.78 is 0. The normalized spacial score (nSPS) is 14.2. The maximum Gasteiger partial charge on any atom is 0.254 e. The fourth-order valence-corrected chi connectivity index (χ4v) is 3.03. The third-order valence-corrected chi connectivity index (χ3v) is 4.52. The van der Waals surface area contributed by atoms with Crippen molar-refractivity contribution >= 4 is 22.9 Å². The van der Waals surface area contributed by atoms with E-state index in [0.29, 0.717) is 18.3 Å². The molecule has 4 heteroatoms. The molecule has 2 aromatic rings. The Hall–Kier alpha value is -1.81. The highest BCUT2D eigenvalue weighted by atomic mass is 32.1. The number of rotatable bonds is 4. The van der Waals surface area contributed by atoms with E-state index in [0.717, 1.165) is 24.0 Å². The monoisotopic (exact) mass is 286 g/mol. The molecule has 0 aliphatic heterocycles. The minimum Gasteiger partial charge on any atom is -0.398 e. The lowest BCUT2D eigenvalue weighted by atomic mass is 10.1. The largest absolute Gasteiger partial charge is 0.398 e.